The number of rotatable bonds is 4. The molecule has 0 spiro atoms. The first-order valence-corrected chi connectivity index (χ1v) is 8.31. The maximum atomic E-state index is 12.2. The van der Waals surface area contributed by atoms with Crippen LogP contribution in [-0.2, 0) is 16.4 Å². The van der Waals surface area contributed by atoms with Gasteiger partial charge in [-0.15, -0.1) is 5.92 Å². The maximum Gasteiger partial charge on any atom is 0.282 e. The van der Waals surface area contributed by atoms with Crippen molar-refractivity contribution in [1.82, 2.24) is 0 Å². The van der Waals surface area contributed by atoms with E-state index in [-0.39, 0.29) is 4.90 Å². The van der Waals surface area contributed by atoms with Gasteiger partial charge in [0, 0.05) is 12.6 Å². The summed E-state index contributed by atoms with van der Waals surface area (Å²) in [6.45, 7) is 3.68. The third-order valence-electron chi connectivity index (χ3n) is 3.16. The molecule has 0 aliphatic carbocycles. The van der Waals surface area contributed by atoms with Crippen LogP contribution in [-0.4, -0.2) is 14.6 Å². The summed E-state index contributed by atoms with van der Waals surface area (Å²) in [7, 11) is -3.68. The predicted octanol–water partition coefficient (Wildman–Crippen LogP) is 3.37. The van der Waals surface area contributed by atoms with Crippen molar-refractivity contribution in [2.45, 2.75) is 25.2 Å². The summed E-state index contributed by atoms with van der Waals surface area (Å²) in [4.78, 5) is 0.195. The van der Waals surface area contributed by atoms with Crippen LogP contribution in [0.1, 0.15) is 23.6 Å². The lowest BCUT2D eigenvalue weighted by Crippen LogP contribution is -1.99. The van der Waals surface area contributed by atoms with Crippen LogP contribution in [0.2, 0.25) is 0 Å². The van der Waals surface area contributed by atoms with Gasteiger partial charge in [0.15, 0.2) is 0 Å². The zero-order chi connectivity index (χ0) is 16.0. The van der Waals surface area contributed by atoms with E-state index >= 15 is 0 Å². The molecule has 4 heteroatoms. The second kappa shape index (κ2) is 7.06. The first-order chi connectivity index (χ1) is 10.5. The zero-order valence-corrected chi connectivity index (χ0v) is 13.4. The molecule has 2 rings (SSSR count). The van der Waals surface area contributed by atoms with E-state index in [4.69, 9.17) is 0 Å². The Morgan fingerprint density at radius 2 is 1.77 bits per heavy atom. The van der Waals surface area contributed by atoms with Gasteiger partial charge in [0.1, 0.15) is 0 Å². The Bertz CT molecular complexity index is 839. The van der Waals surface area contributed by atoms with Gasteiger partial charge in [-0.1, -0.05) is 47.9 Å². The van der Waals surface area contributed by atoms with Crippen LogP contribution in [0.4, 0.5) is 0 Å². The molecule has 112 valence electrons. The van der Waals surface area contributed by atoms with E-state index in [1.54, 1.807) is 31.2 Å². The first kappa shape index (κ1) is 16.0. The monoisotopic (exact) mass is 311 g/mol. The van der Waals surface area contributed by atoms with Crippen LogP contribution in [0, 0.1) is 18.8 Å². The lowest BCUT2D eigenvalue weighted by atomic mass is 10.1. The van der Waals surface area contributed by atoms with Gasteiger partial charge in [0.25, 0.3) is 10.0 Å². The van der Waals surface area contributed by atoms with Gasteiger partial charge < -0.3 is 0 Å². The fraction of sp³-hybridized carbons (Fsp3) is 0.167. The second-order valence-electron chi connectivity index (χ2n) is 4.82. The minimum Gasteiger partial charge on any atom is -0.199 e. The lowest BCUT2D eigenvalue weighted by Gasteiger charge is -2.02. The van der Waals surface area contributed by atoms with Crippen molar-refractivity contribution in [3.63, 3.8) is 0 Å². The maximum absolute atomic E-state index is 12.2. The summed E-state index contributed by atoms with van der Waals surface area (Å²) in [5.74, 6) is 5.81. The molecule has 2 aromatic carbocycles. The van der Waals surface area contributed by atoms with Gasteiger partial charge in [0.2, 0.25) is 0 Å². The highest BCUT2D eigenvalue weighted by atomic mass is 32.2. The quantitative estimate of drug-likeness (QED) is 0.642. The van der Waals surface area contributed by atoms with Crippen molar-refractivity contribution in [2.24, 2.45) is 4.40 Å². The SMILES string of the molecule is CC#CCc1ccccc1/C=N/S(=O)(=O)c1ccc(C)cc1. The molecule has 0 aliphatic rings. The van der Waals surface area contributed by atoms with E-state index in [0.717, 1.165) is 16.7 Å². The van der Waals surface area contributed by atoms with Crippen LogP contribution in [0.15, 0.2) is 57.8 Å². The van der Waals surface area contributed by atoms with Crippen LogP contribution >= 0.6 is 0 Å². The molecule has 0 radical (unpaired) electrons. The highest BCUT2D eigenvalue weighted by Gasteiger charge is 2.11. The van der Waals surface area contributed by atoms with Gasteiger partial charge in [-0.3, -0.25) is 0 Å². The Kier molecular flexibility index (Phi) is 5.13. The molecule has 0 saturated carbocycles. The third-order valence-corrected chi connectivity index (χ3v) is 4.41. The van der Waals surface area contributed by atoms with Crippen molar-refractivity contribution >= 4 is 16.2 Å². The average Bonchev–Trinajstić information content (AvgIpc) is 2.52. The molecule has 0 atom stereocenters. The number of hydrogen-bond donors (Lipinski definition) is 0. The average molecular weight is 311 g/mol. The molecule has 0 bridgehead atoms. The Labute approximate surface area is 131 Å². The van der Waals surface area contributed by atoms with E-state index in [0.29, 0.717) is 6.42 Å². The van der Waals surface area contributed by atoms with Gasteiger partial charge >= 0.3 is 0 Å². The molecule has 3 nitrogen and oxygen atoms in total. The molecule has 0 aliphatic heterocycles. The molecule has 0 aromatic heterocycles. The van der Waals surface area contributed by atoms with Gasteiger partial charge in [0.05, 0.1) is 4.90 Å². The molecular formula is C18H17NO2S. The largest absolute Gasteiger partial charge is 0.282 e. The van der Waals surface area contributed by atoms with E-state index in [9.17, 15) is 8.42 Å². The topological polar surface area (TPSA) is 46.5 Å². The zero-order valence-electron chi connectivity index (χ0n) is 12.6. The van der Waals surface area contributed by atoms with Crippen molar-refractivity contribution in [2.75, 3.05) is 0 Å². The number of hydrogen-bond acceptors (Lipinski definition) is 2. The Morgan fingerprint density at radius 1 is 1.09 bits per heavy atom. The fourth-order valence-corrected chi connectivity index (χ4v) is 2.76. The molecule has 0 unspecified atom stereocenters. The van der Waals surface area contributed by atoms with Crippen molar-refractivity contribution in [1.29, 1.82) is 0 Å². The normalized spacial score (nSPS) is 11.2. The van der Waals surface area contributed by atoms with Gasteiger partial charge in [-0.05, 0) is 37.1 Å². The number of sulfonamides is 1. The highest BCUT2D eigenvalue weighted by Crippen LogP contribution is 2.14. The van der Waals surface area contributed by atoms with E-state index < -0.39 is 10.0 Å². The number of nitrogens with zero attached hydrogens (tertiary/aromatic N) is 1. The molecule has 2 aromatic rings. The molecule has 0 heterocycles. The molecule has 0 amide bonds. The Morgan fingerprint density at radius 3 is 2.45 bits per heavy atom. The standard InChI is InChI=1S/C18H17NO2S/c1-3-4-7-16-8-5-6-9-17(16)14-19-22(20,21)18-12-10-15(2)11-13-18/h5-6,8-14H,7H2,1-2H3/b19-14+. The Balaban J connectivity index is 2.31. The first-order valence-electron chi connectivity index (χ1n) is 6.87. The minimum absolute atomic E-state index is 0.195. The molecule has 0 saturated heterocycles. The van der Waals surface area contributed by atoms with Crippen molar-refractivity contribution in [3.8, 4) is 11.8 Å². The summed E-state index contributed by atoms with van der Waals surface area (Å²) in [6, 6.07) is 14.2. The third kappa shape index (κ3) is 4.06. The van der Waals surface area contributed by atoms with Crippen molar-refractivity contribution in [3.05, 3.63) is 65.2 Å². The fourth-order valence-electron chi connectivity index (χ4n) is 1.90. The minimum atomic E-state index is -3.68. The van der Waals surface area contributed by atoms with Crippen LogP contribution in [0.25, 0.3) is 0 Å². The summed E-state index contributed by atoms with van der Waals surface area (Å²) in [6.07, 6.45) is 1.96. The van der Waals surface area contributed by atoms with Crippen LogP contribution in [0.3, 0.4) is 0 Å². The number of aryl methyl sites for hydroxylation is 1. The van der Waals surface area contributed by atoms with Crippen molar-refractivity contribution < 1.29 is 8.42 Å². The lowest BCUT2D eigenvalue weighted by molar-refractivity contribution is 0.598. The summed E-state index contributed by atoms with van der Waals surface area (Å²) >= 11 is 0. The second-order valence-corrected chi connectivity index (χ2v) is 6.46. The van der Waals surface area contributed by atoms with Crippen LogP contribution in [0.5, 0.6) is 0 Å². The summed E-state index contributed by atoms with van der Waals surface area (Å²) in [5.41, 5.74) is 2.73. The highest BCUT2D eigenvalue weighted by molar-refractivity contribution is 7.90. The smallest absolute Gasteiger partial charge is 0.199 e. The number of benzene rings is 2. The molecule has 0 fully saturated rings. The van der Waals surface area contributed by atoms with Crippen LogP contribution < -0.4 is 0 Å². The van der Waals surface area contributed by atoms with E-state index in [1.165, 1.54) is 6.21 Å². The molecule has 0 N–H and O–H groups in total. The van der Waals surface area contributed by atoms with E-state index in [2.05, 4.69) is 16.2 Å². The van der Waals surface area contributed by atoms with Gasteiger partial charge in [-0.2, -0.15) is 12.8 Å². The summed E-state index contributed by atoms with van der Waals surface area (Å²) in [5, 5.41) is 0. The Hall–Kier alpha value is -2.38. The van der Waals surface area contributed by atoms with Gasteiger partial charge in [-0.25, -0.2) is 0 Å². The van der Waals surface area contributed by atoms with E-state index in [1.807, 2.05) is 31.2 Å². The molecular weight excluding hydrogens is 294 g/mol. The predicted molar refractivity (Wildman–Crippen MR) is 89.6 cm³/mol. The molecule has 22 heavy (non-hydrogen) atoms. The summed E-state index contributed by atoms with van der Waals surface area (Å²) < 4.78 is 28.2.